The molecule has 2 heterocycles. The number of methoxy groups -OCH3 is 1. The molecule has 0 aliphatic carbocycles. The van der Waals surface area contributed by atoms with Crippen molar-refractivity contribution in [3.05, 3.63) is 108 Å². The van der Waals surface area contributed by atoms with E-state index in [9.17, 15) is 19.5 Å². The van der Waals surface area contributed by atoms with E-state index in [1.165, 1.54) is 19.2 Å². The molecule has 0 spiro atoms. The number of aromatic nitrogens is 2. The van der Waals surface area contributed by atoms with Crippen LogP contribution in [0, 0.1) is 5.41 Å². The minimum atomic E-state index is -1.07. The molecule has 11 heteroatoms. The monoisotopic (exact) mass is 624 g/mol. The Balaban J connectivity index is 1.44. The minimum absolute atomic E-state index is 0.0219. The Morgan fingerprint density at radius 3 is 2.33 bits per heavy atom. The fourth-order valence-corrected chi connectivity index (χ4v) is 5.01. The molecule has 2 amide bonds. The van der Waals surface area contributed by atoms with Crippen molar-refractivity contribution in [1.29, 1.82) is 0 Å². The van der Waals surface area contributed by atoms with Gasteiger partial charge in [0.25, 0.3) is 0 Å². The minimum Gasteiger partial charge on any atom is -0.508 e. The lowest BCUT2D eigenvalue weighted by molar-refractivity contribution is -0.124. The van der Waals surface area contributed by atoms with E-state index < -0.39 is 35.5 Å². The molecule has 3 aromatic carbocycles. The molecule has 5 aromatic rings. The Bertz CT molecular complexity index is 1820. The molecule has 4 N–H and O–H groups in total. The van der Waals surface area contributed by atoms with E-state index in [2.05, 4.69) is 20.6 Å². The third-order valence-electron chi connectivity index (χ3n) is 7.45. The molecule has 2 atom stereocenters. The van der Waals surface area contributed by atoms with Gasteiger partial charge in [-0.1, -0.05) is 81.4 Å². The van der Waals surface area contributed by atoms with Crippen LogP contribution in [0.4, 0.5) is 4.79 Å². The van der Waals surface area contributed by atoms with Crippen LogP contribution in [-0.4, -0.2) is 46.2 Å². The molecule has 0 saturated heterocycles. The fourth-order valence-electron chi connectivity index (χ4n) is 5.01. The maximum atomic E-state index is 13.9. The molecule has 0 aliphatic heterocycles. The van der Waals surface area contributed by atoms with E-state index in [1.54, 1.807) is 18.3 Å². The number of rotatable bonds is 10. The largest absolute Gasteiger partial charge is 0.508 e. The van der Waals surface area contributed by atoms with Gasteiger partial charge >= 0.3 is 12.1 Å². The summed E-state index contributed by atoms with van der Waals surface area (Å²) in [6.07, 6.45) is 1.05. The van der Waals surface area contributed by atoms with Gasteiger partial charge in [-0.2, -0.15) is 0 Å². The predicted octanol–water partition coefficient (Wildman–Crippen LogP) is 6.06. The molecule has 46 heavy (non-hydrogen) atoms. The summed E-state index contributed by atoms with van der Waals surface area (Å²) < 4.78 is 16.7. The van der Waals surface area contributed by atoms with Gasteiger partial charge in [-0.15, -0.1) is 0 Å². The van der Waals surface area contributed by atoms with Crippen molar-refractivity contribution in [3.8, 4) is 17.1 Å². The lowest BCUT2D eigenvalue weighted by Crippen LogP contribution is -2.50. The molecule has 2 aromatic heterocycles. The molecule has 11 nitrogen and oxygen atoms in total. The van der Waals surface area contributed by atoms with Crippen molar-refractivity contribution in [2.45, 2.75) is 45.9 Å². The van der Waals surface area contributed by atoms with Crippen molar-refractivity contribution in [2.24, 2.45) is 5.41 Å². The zero-order valence-corrected chi connectivity index (χ0v) is 26.0. The number of hydrogen-bond donors (Lipinski definition) is 4. The first-order valence-electron chi connectivity index (χ1n) is 14.7. The molecule has 0 bridgehead atoms. The zero-order chi connectivity index (χ0) is 32.8. The lowest BCUT2D eigenvalue weighted by atomic mass is 9.86. The Kier molecular flexibility index (Phi) is 9.41. The first-order chi connectivity index (χ1) is 22.0. The summed E-state index contributed by atoms with van der Waals surface area (Å²) in [7, 11) is 1.26. The second-order valence-electron chi connectivity index (χ2n) is 11.9. The number of nitrogens with one attached hydrogen (secondary N) is 3. The van der Waals surface area contributed by atoms with Gasteiger partial charge in [-0.3, -0.25) is 4.79 Å². The SMILES string of the molecule is COC(=O)c1nc([C@@H](NC(=O)[C@H](Cc2ccc(O)cc2)NC(=O)OCc2ccccc2)C(C)(C)C)oc1-c1c[nH]c2ccccc12. The van der Waals surface area contributed by atoms with Gasteiger partial charge in [0, 0.05) is 29.1 Å². The Labute approximate surface area is 265 Å². The molecule has 0 saturated carbocycles. The number of amides is 2. The summed E-state index contributed by atoms with van der Waals surface area (Å²) in [6.45, 7) is 5.69. The van der Waals surface area contributed by atoms with Gasteiger partial charge in [-0.05, 0) is 34.7 Å². The zero-order valence-electron chi connectivity index (χ0n) is 26.0. The summed E-state index contributed by atoms with van der Waals surface area (Å²) in [5, 5.41) is 16.2. The van der Waals surface area contributed by atoms with Gasteiger partial charge in [0.15, 0.2) is 11.5 Å². The average Bonchev–Trinajstić information content (AvgIpc) is 3.67. The van der Waals surface area contributed by atoms with E-state index in [1.807, 2.05) is 75.4 Å². The van der Waals surface area contributed by atoms with Crippen molar-refractivity contribution in [3.63, 3.8) is 0 Å². The van der Waals surface area contributed by atoms with Gasteiger partial charge < -0.3 is 34.6 Å². The summed E-state index contributed by atoms with van der Waals surface area (Å²) >= 11 is 0. The van der Waals surface area contributed by atoms with Crippen LogP contribution in [-0.2, 0) is 27.3 Å². The molecule has 0 aliphatic rings. The number of carbonyl (C=O) groups excluding carboxylic acids is 3. The van der Waals surface area contributed by atoms with E-state index in [-0.39, 0.29) is 36.1 Å². The van der Waals surface area contributed by atoms with Gasteiger partial charge in [0.05, 0.1) is 7.11 Å². The van der Waals surface area contributed by atoms with E-state index in [0.29, 0.717) is 11.1 Å². The molecule has 238 valence electrons. The standard InChI is InChI=1S/C35H36N4O7/c1-35(2,3)30(32-38-28(33(42)44-4)29(46-32)25-19-36-26-13-9-8-12-24(25)26)39-31(41)27(18-21-14-16-23(40)17-15-21)37-34(43)45-20-22-10-6-5-7-11-22/h5-17,19,27,30,36,40H,18,20H2,1-4H3,(H,37,43)(H,39,41)/t27-,30+/m0/s1. The predicted molar refractivity (Wildman–Crippen MR) is 171 cm³/mol. The van der Waals surface area contributed by atoms with Crippen LogP contribution < -0.4 is 10.6 Å². The number of benzene rings is 3. The van der Waals surface area contributed by atoms with Gasteiger partial charge in [0.2, 0.25) is 11.8 Å². The Morgan fingerprint density at radius 2 is 1.63 bits per heavy atom. The molecule has 0 fully saturated rings. The highest BCUT2D eigenvalue weighted by Crippen LogP contribution is 2.38. The third kappa shape index (κ3) is 7.37. The highest BCUT2D eigenvalue weighted by atomic mass is 16.5. The van der Waals surface area contributed by atoms with Crippen LogP contribution in [0.5, 0.6) is 5.75 Å². The third-order valence-corrected chi connectivity index (χ3v) is 7.45. The normalized spacial score (nSPS) is 12.7. The quantitative estimate of drug-likeness (QED) is 0.137. The van der Waals surface area contributed by atoms with Crippen molar-refractivity contribution in [2.75, 3.05) is 7.11 Å². The number of fused-ring (bicyclic) bond motifs is 1. The van der Waals surface area contributed by atoms with Crippen LogP contribution in [0.25, 0.3) is 22.2 Å². The number of aromatic amines is 1. The summed E-state index contributed by atoms with van der Waals surface area (Å²) in [5.41, 5.74) is 2.26. The Hall–Kier alpha value is -5.58. The maximum absolute atomic E-state index is 13.9. The first-order valence-corrected chi connectivity index (χ1v) is 14.7. The van der Waals surface area contributed by atoms with Crippen LogP contribution >= 0.6 is 0 Å². The first kappa shape index (κ1) is 31.8. The highest BCUT2D eigenvalue weighted by molar-refractivity contribution is 6.01. The Morgan fingerprint density at radius 1 is 0.935 bits per heavy atom. The van der Waals surface area contributed by atoms with Crippen LogP contribution in [0.1, 0.15) is 54.3 Å². The number of nitrogens with zero attached hydrogens (tertiary/aromatic N) is 1. The topological polar surface area (TPSA) is 156 Å². The smallest absolute Gasteiger partial charge is 0.408 e. The molecular weight excluding hydrogens is 588 g/mol. The summed E-state index contributed by atoms with van der Waals surface area (Å²) in [6, 6.07) is 21.2. The number of phenolic OH excluding ortho intramolecular Hbond substituents is 1. The van der Waals surface area contributed by atoms with Crippen LogP contribution in [0.3, 0.4) is 0 Å². The molecular formula is C35H36N4O7. The molecule has 0 unspecified atom stereocenters. The van der Waals surface area contributed by atoms with Crippen LogP contribution in [0.15, 0.2) is 89.5 Å². The number of oxazole rings is 1. The fraction of sp³-hybridized carbons (Fsp3) is 0.257. The van der Waals surface area contributed by atoms with Gasteiger partial charge in [-0.25, -0.2) is 14.6 Å². The van der Waals surface area contributed by atoms with Crippen molar-refractivity contribution in [1.82, 2.24) is 20.6 Å². The lowest BCUT2D eigenvalue weighted by Gasteiger charge is -2.30. The number of aromatic hydroxyl groups is 1. The number of para-hydroxylation sites is 1. The number of ether oxygens (including phenoxy) is 2. The number of H-pyrrole nitrogens is 1. The van der Waals surface area contributed by atoms with Gasteiger partial charge in [0.1, 0.15) is 24.4 Å². The number of hydrogen-bond acceptors (Lipinski definition) is 8. The average molecular weight is 625 g/mol. The van der Waals surface area contributed by atoms with Crippen molar-refractivity contribution >= 4 is 28.9 Å². The van der Waals surface area contributed by atoms with Crippen LogP contribution in [0.2, 0.25) is 0 Å². The number of carbonyl (C=O) groups is 3. The van der Waals surface area contributed by atoms with E-state index >= 15 is 0 Å². The number of esters is 1. The number of phenols is 1. The second kappa shape index (κ2) is 13.6. The molecule has 5 rings (SSSR count). The summed E-state index contributed by atoms with van der Waals surface area (Å²) in [4.78, 5) is 47.4. The number of alkyl carbamates (subject to hydrolysis) is 1. The van der Waals surface area contributed by atoms with E-state index in [4.69, 9.17) is 13.9 Å². The highest BCUT2D eigenvalue weighted by Gasteiger charge is 2.37. The second-order valence-corrected chi connectivity index (χ2v) is 11.9. The summed E-state index contributed by atoms with van der Waals surface area (Å²) in [5.74, 6) is -0.856. The molecule has 0 radical (unpaired) electrons. The van der Waals surface area contributed by atoms with E-state index in [0.717, 1.165) is 16.5 Å². The maximum Gasteiger partial charge on any atom is 0.408 e. The van der Waals surface area contributed by atoms with Crippen molar-refractivity contribution < 1.29 is 33.4 Å².